The van der Waals surface area contributed by atoms with E-state index in [1.165, 1.54) is 21.4 Å². The fourth-order valence-corrected chi connectivity index (χ4v) is 5.15. The van der Waals surface area contributed by atoms with E-state index >= 15 is 0 Å². The van der Waals surface area contributed by atoms with Crippen molar-refractivity contribution in [2.75, 3.05) is 26.7 Å². The van der Waals surface area contributed by atoms with E-state index in [0.717, 1.165) is 17.0 Å². The fourth-order valence-electron chi connectivity index (χ4n) is 3.61. The van der Waals surface area contributed by atoms with Crippen molar-refractivity contribution in [2.45, 2.75) is 26.2 Å². The molecule has 5 aromatic rings. The van der Waals surface area contributed by atoms with Crippen LogP contribution < -0.4 is 15.7 Å². The third-order valence-corrected chi connectivity index (χ3v) is 8.49. The maximum atomic E-state index is 4.32. The molecule has 198 valence electrons. The summed E-state index contributed by atoms with van der Waals surface area (Å²) in [5.74, 6) is 0. The number of aromatic nitrogens is 2. The standard InChI is InChI=1S/C17H16N2.2C8H11P.Ru/c1-17(2,3)16-11-15(18-19-16)14-10-6-8-12-7-4-5-9-13(12)14;2*1-9(2)8-6-4-3-5-7-8;/h4-9,11H,1-3H3;2*3-7H,1-2H3;/q-2;;;+2. The van der Waals surface area contributed by atoms with Gasteiger partial charge in [-0.15, -0.1) is 29.0 Å². The predicted octanol–water partition coefficient (Wildman–Crippen LogP) is 8.06. The number of hydrogen-bond acceptors (Lipinski definition) is 1. The van der Waals surface area contributed by atoms with Gasteiger partial charge in [-0.2, -0.15) is 5.56 Å². The van der Waals surface area contributed by atoms with Gasteiger partial charge in [-0.25, -0.2) is 5.69 Å². The van der Waals surface area contributed by atoms with Gasteiger partial charge in [0.05, 0.1) is 0 Å². The smallest absolute Gasteiger partial charge is 0.619 e. The van der Waals surface area contributed by atoms with Crippen molar-refractivity contribution in [2.24, 2.45) is 0 Å². The van der Waals surface area contributed by atoms with E-state index in [0.29, 0.717) is 0 Å². The predicted molar refractivity (Wildman–Crippen MR) is 168 cm³/mol. The van der Waals surface area contributed by atoms with Crippen molar-refractivity contribution in [3.05, 3.63) is 115 Å². The van der Waals surface area contributed by atoms with Crippen LogP contribution in [0.2, 0.25) is 0 Å². The first-order valence-corrected chi connectivity index (χ1v) is 17.0. The second-order valence-corrected chi connectivity index (χ2v) is 14.9. The van der Waals surface area contributed by atoms with E-state index in [4.69, 9.17) is 0 Å². The van der Waals surface area contributed by atoms with Crippen LogP contribution in [0.25, 0.3) is 22.0 Å². The Labute approximate surface area is 244 Å². The summed E-state index contributed by atoms with van der Waals surface area (Å²) in [5, 5.41) is 14.0. The number of benzene rings is 4. The van der Waals surface area contributed by atoms with Gasteiger partial charge in [-0.3, -0.25) is 0 Å². The maximum absolute atomic E-state index is 4.32. The number of nitrogens with zero attached hydrogens (tertiary/aromatic N) is 2. The monoisotopic (exact) mass is 626 g/mol. The Morgan fingerprint density at radius 3 is 1.63 bits per heavy atom. The first-order valence-electron chi connectivity index (χ1n) is 12.5. The van der Waals surface area contributed by atoms with E-state index in [9.17, 15) is 0 Å². The minimum absolute atomic E-state index is 0. The number of fused-ring (bicyclic) bond motifs is 1. The summed E-state index contributed by atoms with van der Waals surface area (Å²) in [6.45, 7) is 15.5. The van der Waals surface area contributed by atoms with Gasteiger partial charge in [0, 0.05) is 11.1 Å². The van der Waals surface area contributed by atoms with Crippen LogP contribution in [0.15, 0.2) is 103 Å². The van der Waals surface area contributed by atoms with E-state index in [2.05, 4.69) is 149 Å². The summed E-state index contributed by atoms with van der Waals surface area (Å²) in [7, 11) is 0.209. The van der Waals surface area contributed by atoms with Gasteiger partial charge in [0.25, 0.3) is 0 Å². The molecule has 0 atom stereocenters. The van der Waals surface area contributed by atoms with Crippen LogP contribution >= 0.6 is 15.8 Å². The summed E-state index contributed by atoms with van der Waals surface area (Å²) in [4.78, 5) is 0. The molecule has 0 saturated heterocycles. The minimum Gasteiger partial charge on any atom is -0.619 e. The molecule has 0 spiro atoms. The van der Waals surface area contributed by atoms with Gasteiger partial charge in [-0.1, -0.05) is 128 Å². The topological polar surface area (TPSA) is 27.0 Å². The van der Waals surface area contributed by atoms with E-state index in [1.54, 1.807) is 0 Å². The molecule has 0 fully saturated rings. The van der Waals surface area contributed by atoms with Gasteiger partial charge in [-0.05, 0) is 37.3 Å². The third-order valence-electron chi connectivity index (χ3n) is 5.83. The van der Waals surface area contributed by atoms with Gasteiger partial charge in [0.1, 0.15) is 0 Å². The van der Waals surface area contributed by atoms with Crippen molar-refractivity contribution in [1.82, 2.24) is 10.2 Å². The Kier molecular flexibility index (Phi) is 13.0. The van der Waals surface area contributed by atoms with Gasteiger partial charge >= 0.3 is 19.5 Å². The van der Waals surface area contributed by atoms with Gasteiger partial charge in [0.2, 0.25) is 0 Å². The molecule has 38 heavy (non-hydrogen) atoms. The Morgan fingerprint density at radius 2 is 1.18 bits per heavy atom. The molecular weight excluding hydrogens is 587 g/mol. The summed E-state index contributed by atoms with van der Waals surface area (Å²) in [6, 6.07) is 38.9. The zero-order valence-electron chi connectivity index (χ0n) is 23.5. The van der Waals surface area contributed by atoms with E-state index in [1.807, 2.05) is 18.2 Å². The van der Waals surface area contributed by atoms with Gasteiger partial charge < -0.3 is 10.2 Å². The molecule has 0 bridgehead atoms. The van der Waals surface area contributed by atoms with Crippen LogP contribution in [0.4, 0.5) is 0 Å². The number of hydrogen-bond donors (Lipinski definition) is 0. The van der Waals surface area contributed by atoms with Crippen LogP contribution in [-0.4, -0.2) is 31.8 Å². The summed E-state index contributed by atoms with van der Waals surface area (Å²) < 4.78 is 0. The average molecular weight is 626 g/mol. The molecule has 0 aliphatic heterocycles. The summed E-state index contributed by atoms with van der Waals surface area (Å²) >= 11 is 0. The van der Waals surface area contributed by atoms with Crippen molar-refractivity contribution < 1.29 is 19.5 Å². The van der Waals surface area contributed by atoms with Crippen LogP contribution in [-0.2, 0) is 24.9 Å². The zero-order chi connectivity index (χ0) is 26.8. The first kappa shape index (κ1) is 32.0. The SMILES string of the molecule is CC(C)(C)c1cc(-c2[c-]ccc3ccccc23)[n-]n1.CP(C)c1ccccc1.CP(C)c1ccccc1.[Ru+2]. The van der Waals surface area contributed by atoms with Crippen molar-refractivity contribution >= 4 is 37.2 Å². The minimum atomic E-state index is 0. The molecule has 1 heterocycles. The molecule has 0 unspecified atom stereocenters. The largest absolute Gasteiger partial charge is 2.00 e. The fraction of sp³-hybridized carbons (Fsp3) is 0.242. The molecule has 0 aliphatic rings. The average Bonchev–Trinajstić information content (AvgIpc) is 3.41. The molecule has 1 aromatic heterocycles. The zero-order valence-corrected chi connectivity index (χ0v) is 27.0. The normalized spacial score (nSPS) is 10.8. The Hall–Kier alpha value is -2.17. The second-order valence-electron chi connectivity index (χ2n) is 10.3. The molecule has 0 amide bonds. The molecular formula is C33H38N2P2Ru. The Balaban J connectivity index is 0.000000224. The van der Waals surface area contributed by atoms with E-state index in [-0.39, 0.29) is 40.7 Å². The quantitative estimate of drug-likeness (QED) is 0.115. The van der Waals surface area contributed by atoms with Crippen LogP contribution in [0.1, 0.15) is 26.5 Å². The number of rotatable bonds is 3. The van der Waals surface area contributed by atoms with Crippen molar-refractivity contribution in [3.8, 4) is 11.3 Å². The third kappa shape index (κ3) is 9.54. The molecule has 4 aromatic carbocycles. The molecule has 0 saturated carbocycles. The molecule has 0 aliphatic carbocycles. The Morgan fingerprint density at radius 1 is 0.684 bits per heavy atom. The molecule has 0 radical (unpaired) electrons. The summed E-state index contributed by atoms with van der Waals surface area (Å²) in [5.41, 5.74) is 2.97. The second kappa shape index (κ2) is 15.4. The van der Waals surface area contributed by atoms with Crippen molar-refractivity contribution in [1.29, 1.82) is 0 Å². The summed E-state index contributed by atoms with van der Waals surface area (Å²) in [6.07, 6.45) is 0. The van der Waals surface area contributed by atoms with Crippen LogP contribution in [0.5, 0.6) is 0 Å². The molecule has 5 heteroatoms. The molecule has 0 N–H and O–H groups in total. The van der Waals surface area contributed by atoms with Crippen LogP contribution in [0, 0.1) is 6.07 Å². The molecule has 2 nitrogen and oxygen atoms in total. The first-order chi connectivity index (χ1) is 17.7. The van der Waals surface area contributed by atoms with Crippen molar-refractivity contribution in [3.63, 3.8) is 0 Å². The van der Waals surface area contributed by atoms with Crippen LogP contribution in [0.3, 0.4) is 0 Å². The van der Waals surface area contributed by atoms with Gasteiger partial charge in [0.15, 0.2) is 0 Å². The Bertz CT molecular complexity index is 1310. The molecule has 5 rings (SSSR count). The van der Waals surface area contributed by atoms with E-state index < -0.39 is 0 Å². The maximum Gasteiger partial charge on any atom is 2.00 e.